The van der Waals surface area contributed by atoms with Crippen molar-refractivity contribution in [3.05, 3.63) is 29.6 Å². The Labute approximate surface area is 96.4 Å². The summed E-state index contributed by atoms with van der Waals surface area (Å²) < 4.78 is 0. The first-order valence-corrected chi connectivity index (χ1v) is 2.61. The molecule has 1 rings (SSSR count). The fourth-order valence-corrected chi connectivity index (χ4v) is 0.340. The van der Waals surface area contributed by atoms with Crippen molar-refractivity contribution in [2.24, 2.45) is 0 Å². The normalized spacial score (nSPS) is 9.64. The summed E-state index contributed by atoms with van der Waals surface area (Å²) in [4.78, 5) is 0. The van der Waals surface area contributed by atoms with Gasteiger partial charge < -0.3 is 5.32 Å². The summed E-state index contributed by atoms with van der Waals surface area (Å²) in [7, 11) is 3.50. The van der Waals surface area contributed by atoms with E-state index in [1.165, 1.54) is 0 Å². The summed E-state index contributed by atoms with van der Waals surface area (Å²) in [6, 6.07) is 0. The molecule has 0 aromatic rings. The molecule has 0 atom stereocenters. The summed E-state index contributed by atoms with van der Waals surface area (Å²) in [5.74, 6) is 0. The number of hydrogen-bond donors (Lipinski definition) is 0. The standard InChI is InChI=1S/C5H5.C2H6N.2ClH.Ti/c1-2-4-5-3-1;1-3-2;;;/h1-3H,4H2;1-2H3;2*1H;/q2*-1;;;+2. The molecule has 0 saturated heterocycles. The van der Waals surface area contributed by atoms with Crippen LogP contribution in [0.1, 0.15) is 6.42 Å². The summed E-state index contributed by atoms with van der Waals surface area (Å²) >= 11 is 0. The van der Waals surface area contributed by atoms with Gasteiger partial charge in [-0.3, -0.25) is 6.08 Å². The summed E-state index contributed by atoms with van der Waals surface area (Å²) in [6.45, 7) is 0. The van der Waals surface area contributed by atoms with Gasteiger partial charge in [0.15, 0.2) is 0 Å². The van der Waals surface area contributed by atoms with Crippen LogP contribution in [0.5, 0.6) is 0 Å². The minimum absolute atomic E-state index is 0. The van der Waals surface area contributed by atoms with Crippen LogP contribution in [0.3, 0.4) is 0 Å². The fourth-order valence-electron chi connectivity index (χ4n) is 0.340. The molecule has 0 N–H and O–H groups in total. The molecule has 64 valence electrons. The van der Waals surface area contributed by atoms with Crippen LogP contribution >= 0.6 is 24.8 Å². The molecule has 0 aromatic carbocycles. The summed E-state index contributed by atoms with van der Waals surface area (Å²) in [5.41, 5.74) is 0. The minimum Gasteiger partial charge on any atom is -0.668 e. The molecule has 0 fully saturated rings. The van der Waals surface area contributed by atoms with E-state index >= 15 is 0 Å². The van der Waals surface area contributed by atoms with Gasteiger partial charge in [0.25, 0.3) is 0 Å². The first kappa shape index (κ1) is 22.6. The van der Waals surface area contributed by atoms with Gasteiger partial charge in [0.2, 0.25) is 0 Å². The average molecular weight is 230 g/mol. The molecule has 11 heavy (non-hydrogen) atoms. The monoisotopic (exact) mass is 229 g/mol. The van der Waals surface area contributed by atoms with Crippen LogP contribution in [-0.4, -0.2) is 14.1 Å². The maximum Gasteiger partial charge on any atom is 2.00 e. The van der Waals surface area contributed by atoms with Crippen molar-refractivity contribution in [2.45, 2.75) is 6.42 Å². The van der Waals surface area contributed by atoms with E-state index in [2.05, 4.69) is 17.5 Å². The molecule has 1 aliphatic rings. The van der Waals surface area contributed by atoms with Crippen LogP contribution in [0.4, 0.5) is 0 Å². The second-order valence-corrected chi connectivity index (χ2v) is 1.45. The van der Waals surface area contributed by atoms with Crippen LogP contribution in [0, 0.1) is 6.08 Å². The van der Waals surface area contributed by atoms with Crippen LogP contribution in [-0.2, 0) is 21.7 Å². The van der Waals surface area contributed by atoms with Crippen molar-refractivity contribution in [3.8, 4) is 0 Å². The van der Waals surface area contributed by atoms with Gasteiger partial charge in [-0.2, -0.15) is 20.2 Å². The van der Waals surface area contributed by atoms with Gasteiger partial charge in [-0.15, -0.1) is 31.2 Å². The molecule has 0 spiro atoms. The van der Waals surface area contributed by atoms with Gasteiger partial charge >= 0.3 is 21.7 Å². The summed E-state index contributed by atoms with van der Waals surface area (Å²) in [5, 5.41) is 3.50. The van der Waals surface area contributed by atoms with Gasteiger partial charge in [-0.1, -0.05) is 0 Å². The number of rotatable bonds is 0. The maximum absolute atomic E-state index is 3.50. The van der Waals surface area contributed by atoms with E-state index in [1.807, 2.05) is 12.2 Å². The topological polar surface area (TPSA) is 14.1 Å². The molecule has 0 radical (unpaired) electrons. The Kier molecular flexibility index (Phi) is 46.1. The van der Waals surface area contributed by atoms with Crippen LogP contribution in [0.2, 0.25) is 0 Å². The third-order valence-corrected chi connectivity index (χ3v) is 0.586. The molecule has 1 nitrogen and oxygen atoms in total. The zero-order chi connectivity index (χ0) is 6.24. The predicted octanol–water partition coefficient (Wildman–Crippen LogP) is 2.77. The smallest absolute Gasteiger partial charge is 0.668 e. The van der Waals surface area contributed by atoms with E-state index in [1.54, 1.807) is 14.1 Å². The van der Waals surface area contributed by atoms with E-state index in [-0.39, 0.29) is 46.5 Å². The van der Waals surface area contributed by atoms with Crippen molar-refractivity contribution in [1.82, 2.24) is 0 Å². The van der Waals surface area contributed by atoms with Gasteiger partial charge in [0, 0.05) is 0 Å². The van der Waals surface area contributed by atoms with E-state index in [9.17, 15) is 0 Å². The van der Waals surface area contributed by atoms with E-state index in [0.29, 0.717) is 0 Å². The Morgan fingerprint density at radius 3 is 1.82 bits per heavy atom. The number of halogens is 2. The van der Waals surface area contributed by atoms with Crippen molar-refractivity contribution >= 4 is 24.8 Å². The van der Waals surface area contributed by atoms with Crippen LogP contribution in [0.15, 0.2) is 18.2 Å². The molecule has 4 heteroatoms. The fraction of sp³-hybridized carbons (Fsp3) is 0.429. The molecule has 0 bridgehead atoms. The van der Waals surface area contributed by atoms with Crippen LogP contribution in [0.25, 0.3) is 5.32 Å². The van der Waals surface area contributed by atoms with Crippen LogP contribution < -0.4 is 0 Å². The number of hydrogen-bond acceptors (Lipinski definition) is 0. The first-order valence-electron chi connectivity index (χ1n) is 2.61. The molecule has 0 aliphatic heterocycles. The van der Waals surface area contributed by atoms with Crippen molar-refractivity contribution < 1.29 is 21.7 Å². The minimum atomic E-state index is 0. The quantitative estimate of drug-likeness (QED) is 0.448. The molecule has 1 aliphatic carbocycles. The van der Waals surface area contributed by atoms with E-state index < -0.39 is 0 Å². The molecule has 0 saturated carbocycles. The molecular formula is C7H13Cl2NTi. The van der Waals surface area contributed by atoms with E-state index in [4.69, 9.17) is 0 Å². The largest absolute Gasteiger partial charge is 2.00 e. The Hall–Kier alpha value is 0.734. The second-order valence-electron chi connectivity index (χ2n) is 1.45. The van der Waals surface area contributed by atoms with Gasteiger partial charge in [-0.05, 0) is 0 Å². The molecule has 0 aromatic heterocycles. The Bertz CT molecular complexity index is 84.4. The van der Waals surface area contributed by atoms with Crippen molar-refractivity contribution in [1.29, 1.82) is 0 Å². The molecule has 0 unspecified atom stereocenters. The molecule has 0 heterocycles. The SMILES string of the molecule is C[N-]C.Cl.Cl.[C-]1=CC=CC1.[Ti+2]. The van der Waals surface area contributed by atoms with Gasteiger partial charge in [0.05, 0.1) is 0 Å². The average Bonchev–Trinajstić information content (AvgIpc) is 2.17. The Balaban J connectivity index is -0.0000000379. The molecule has 0 amide bonds. The Morgan fingerprint density at radius 1 is 1.27 bits per heavy atom. The van der Waals surface area contributed by atoms with Gasteiger partial charge in [0.1, 0.15) is 0 Å². The third kappa shape index (κ3) is 24.9. The number of allylic oxidation sites excluding steroid dienone is 4. The Morgan fingerprint density at radius 2 is 1.73 bits per heavy atom. The second kappa shape index (κ2) is 22.4. The molecular weight excluding hydrogens is 217 g/mol. The van der Waals surface area contributed by atoms with Crippen molar-refractivity contribution in [3.63, 3.8) is 0 Å². The van der Waals surface area contributed by atoms with E-state index in [0.717, 1.165) is 6.42 Å². The number of nitrogens with zero attached hydrogens (tertiary/aromatic N) is 1. The first-order chi connectivity index (χ1) is 3.91. The zero-order valence-electron chi connectivity index (χ0n) is 6.70. The predicted molar refractivity (Wildman–Crippen MR) is 51.3 cm³/mol. The third-order valence-electron chi connectivity index (χ3n) is 0.586. The van der Waals surface area contributed by atoms with Gasteiger partial charge in [-0.25, -0.2) is 12.2 Å². The summed E-state index contributed by atoms with van der Waals surface area (Å²) in [6.07, 6.45) is 10.0. The van der Waals surface area contributed by atoms with Crippen molar-refractivity contribution in [2.75, 3.05) is 14.1 Å². The maximum atomic E-state index is 3.50. The zero-order valence-corrected chi connectivity index (χ0v) is 9.90.